The van der Waals surface area contributed by atoms with Gasteiger partial charge in [0.2, 0.25) is 0 Å². The van der Waals surface area contributed by atoms with Crippen molar-refractivity contribution in [2.45, 2.75) is 31.5 Å². The zero-order valence-corrected chi connectivity index (χ0v) is 20.6. The molecule has 5 rings (SSSR count). The highest BCUT2D eigenvalue weighted by molar-refractivity contribution is 7.09. The fourth-order valence-electron chi connectivity index (χ4n) is 4.11. The fraction of sp³-hybridized carbons (Fsp3) is 0.346. The molecule has 7 nitrogen and oxygen atoms in total. The summed E-state index contributed by atoms with van der Waals surface area (Å²) in [5, 5.41) is 9.13. The van der Waals surface area contributed by atoms with Gasteiger partial charge in [0.05, 0.1) is 6.61 Å². The van der Waals surface area contributed by atoms with E-state index in [4.69, 9.17) is 10.5 Å². The summed E-state index contributed by atoms with van der Waals surface area (Å²) in [4.78, 5) is 17.7. The number of alkyl halides is 3. The van der Waals surface area contributed by atoms with Crippen LogP contribution in [0.4, 0.5) is 18.9 Å². The van der Waals surface area contributed by atoms with Crippen LogP contribution >= 0.6 is 11.3 Å². The largest absolute Gasteiger partial charge is 0.435 e. The Morgan fingerprint density at radius 1 is 1.30 bits per heavy atom. The number of rotatable bonds is 9. The minimum absolute atomic E-state index is 0.0513. The molecule has 1 amide bonds. The zero-order chi connectivity index (χ0) is 26.0. The Balaban J connectivity index is 1.41. The number of anilines is 1. The molecule has 3 aromatic rings. The second-order valence-corrected chi connectivity index (χ2v) is 10.1. The van der Waals surface area contributed by atoms with E-state index < -0.39 is 23.9 Å². The predicted octanol–water partition coefficient (Wildman–Crippen LogP) is 5.50. The quantitative estimate of drug-likeness (QED) is 0.382. The van der Waals surface area contributed by atoms with E-state index in [-0.39, 0.29) is 11.6 Å². The third-order valence-electron chi connectivity index (χ3n) is 6.27. The molecule has 0 bridgehead atoms. The molecule has 2 aliphatic carbocycles. The van der Waals surface area contributed by atoms with Gasteiger partial charge in [-0.15, -0.1) is 11.3 Å². The number of allylic oxidation sites excluding steroid dienone is 3. The van der Waals surface area contributed by atoms with E-state index >= 15 is 0 Å². The van der Waals surface area contributed by atoms with Gasteiger partial charge in [-0.05, 0) is 61.4 Å². The Morgan fingerprint density at radius 3 is 2.84 bits per heavy atom. The first kappa shape index (κ1) is 25.4. The van der Waals surface area contributed by atoms with E-state index in [1.165, 1.54) is 11.3 Å². The van der Waals surface area contributed by atoms with Crippen LogP contribution in [-0.2, 0) is 10.9 Å². The number of nitrogens with one attached hydrogen (secondary N) is 1. The third-order valence-corrected chi connectivity index (χ3v) is 7.09. The first-order valence-corrected chi connectivity index (χ1v) is 12.9. The van der Waals surface area contributed by atoms with Crippen molar-refractivity contribution in [2.24, 2.45) is 17.6 Å². The molecule has 0 spiro atoms. The van der Waals surface area contributed by atoms with Crippen LogP contribution < -0.4 is 11.1 Å². The number of carbonyl (C=O) groups is 1. The van der Waals surface area contributed by atoms with Gasteiger partial charge in [-0.2, -0.15) is 18.3 Å². The molecular formula is C26H26F3N5O2S. The molecule has 2 heterocycles. The standard InChI is InChI=1S/C26H26F3N5O2S/c27-26(28,29)22-13-21(34(33-22)20-6-1-3-17(11-20)14-30)24(35)32-19-5-2-4-18(12-19)23(25-31-9-10-37-25)36-15-16-7-8-16/h1-6,9-10,12-13,16-17,23H,7-8,11,14-15,30H2,(H,32,35). The topological polar surface area (TPSA) is 95.1 Å². The van der Waals surface area contributed by atoms with Crippen molar-refractivity contribution >= 4 is 28.6 Å². The summed E-state index contributed by atoms with van der Waals surface area (Å²) in [7, 11) is 0. The van der Waals surface area contributed by atoms with Crippen LogP contribution in [0.2, 0.25) is 0 Å². The summed E-state index contributed by atoms with van der Waals surface area (Å²) in [5.74, 6) is -0.203. The SMILES string of the molecule is NCC1C=CC=C(n2nc(C(F)(F)F)cc2C(=O)Nc2cccc(C(OCC3CC3)c3nccs3)c2)C1. The summed E-state index contributed by atoms with van der Waals surface area (Å²) >= 11 is 1.48. The summed E-state index contributed by atoms with van der Waals surface area (Å²) in [6.07, 6.45) is 4.53. The van der Waals surface area contributed by atoms with Crippen LogP contribution in [0.1, 0.15) is 52.1 Å². The number of hydrogen-bond acceptors (Lipinski definition) is 6. The Morgan fingerprint density at radius 2 is 2.14 bits per heavy atom. The summed E-state index contributed by atoms with van der Waals surface area (Å²) in [6.45, 7) is 0.951. The molecule has 11 heteroatoms. The Hall–Kier alpha value is -3.28. The fourth-order valence-corrected chi connectivity index (χ4v) is 4.82. The lowest BCUT2D eigenvalue weighted by Gasteiger charge is -2.19. The number of halogens is 3. The molecule has 0 saturated heterocycles. The van der Waals surface area contributed by atoms with E-state index in [0.717, 1.165) is 34.2 Å². The maximum Gasteiger partial charge on any atom is 0.435 e. The van der Waals surface area contributed by atoms with Crippen LogP contribution in [0.5, 0.6) is 0 Å². The number of carbonyl (C=O) groups excluding carboxylic acids is 1. The molecule has 1 fully saturated rings. The Kier molecular flexibility index (Phi) is 7.27. The molecule has 1 saturated carbocycles. The van der Waals surface area contributed by atoms with Gasteiger partial charge in [-0.3, -0.25) is 4.79 Å². The second kappa shape index (κ2) is 10.6. The van der Waals surface area contributed by atoms with Crippen LogP contribution in [0.15, 0.2) is 60.1 Å². The van der Waals surface area contributed by atoms with Crippen molar-refractivity contribution in [3.63, 3.8) is 0 Å². The predicted molar refractivity (Wildman–Crippen MR) is 135 cm³/mol. The minimum Gasteiger partial charge on any atom is -0.366 e. The molecule has 0 radical (unpaired) electrons. The average molecular weight is 530 g/mol. The highest BCUT2D eigenvalue weighted by Crippen LogP contribution is 2.35. The number of ether oxygens (including phenoxy) is 1. The first-order valence-electron chi connectivity index (χ1n) is 12.0. The molecule has 2 aromatic heterocycles. The van der Waals surface area contributed by atoms with Crippen molar-refractivity contribution in [3.8, 4) is 0 Å². The molecule has 3 N–H and O–H groups in total. The van der Waals surface area contributed by atoms with E-state index in [1.807, 2.05) is 17.5 Å². The molecule has 2 unspecified atom stereocenters. The van der Waals surface area contributed by atoms with Gasteiger partial charge in [-0.1, -0.05) is 24.3 Å². The van der Waals surface area contributed by atoms with Crippen molar-refractivity contribution < 1.29 is 22.7 Å². The minimum atomic E-state index is -4.70. The van der Waals surface area contributed by atoms with Gasteiger partial charge < -0.3 is 15.8 Å². The number of nitrogens with zero attached hydrogens (tertiary/aromatic N) is 3. The molecule has 0 aliphatic heterocycles. The Bertz CT molecular complexity index is 1310. The Labute approximate surface area is 215 Å². The molecular weight excluding hydrogens is 503 g/mol. The normalized spacial score (nSPS) is 18.5. The van der Waals surface area contributed by atoms with Gasteiger partial charge in [0.1, 0.15) is 16.8 Å². The molecule has 2 aliphatic rings. The number of amides is 1. The lowest BCUT2D eigenvalue weighted by Crippen LogP contribution is -2.21. The van der Waals surface area contributed by atoms with Crippen molar-refractivity contribution in [2.75, 3.05) is 18.5 Å². The van der Waals surface area contributed by atoms with Crippen LogP contribution in [0.3, 0.4) is 0 Å². The highest BCUT2D eigenvalue weighted by Gasteiger charge is 2.36. The smallest absolute Gasteiger partial charge is 0.366 e. The number of benzene rings is 1. The van der Waals surface area contributed by atoms with Gasteiger partial charge in [0.15, 0.2) is 5.69 Å². The molecule has 194 valence electrons. The molecule has 1 aromatic carbocycles. The number of thiazole rings is 1. The number of aromatic nitrogens is 3. The van der Waals surface area contributed by atoms with Crippen LogP contribution in [-0.4, -0.2) is 33.8 Å². The van der Waals surface area contributed by atoms with Gasteiger partial charge >= 0.3 is 6.18 Å². The van der Waals surface area contributed by atoms with Crippen LogP contribution in [0.25, 0.3) is 5.70 Å². The second-order valence-electron chi connectivity index (χ2n) is 9.17. The highest BCUT2D eigenvalue weighted by atomic mass is 32.1. The first-order chi connectivity index (χ1) is 17.8. The molecule has 2 atom stereocenters. The van der Waals surface area contributed by atoms with E-state index in [2.05, 4.69) is 15.4 Å². The number of hydrogen-bond donors (Lipinski definition) is 2. The average Bonchev–Trinajstić information content (AvgIpc) is 3.35. The summed E-state index contributed by atoms with van der Waals surface area (Å²) in [6, 6.07) is 7.86. The number of nitrogens with two attached hydrogens (primary N) is 1. The van der Waals surface area contributed by atoms with E-state index in [1.54, 1.807) is 36.5 Å². The molecule has 37 heavy (non-hydrogen) atoms. The maximum atomic E-state index is 13.5. The summed E-state index contributed by atoms with van der Waals surface area (Å²) < 4.78 is 47.8. The van der Waals surface area contributed by atoms with Gasteiger partial charge in [0, 0.05) is 29.0 Å². The summed E-state index contributed by atoms with van der Waals surface area (Å²) in [5.41, 5.74) is 6.09. The van der Waals surface area contributed by atoms with Gasteiger partial charge in [0.25, 0.3) is 5.91 Å². The van der Waals surface area contributed by atoms with Crippen molar-refractivity contribution in [1.29, 1.82) is 0 Å². The van der Waals surface area contributed by atoms with Crippen molar-refractivity contribution in [1.82, 2.24) is 14.8 Å². The monoisotopic (exact) mass is 529 g/mol. The lowest BCUT2D eigenvalue weighted by molar-refractivity contribution is -0.141. The van der Waals surface area contributed by atoms with Crippen molar-refractivity contribution in [3.05, 3.63) is 82.1 Å². The van der Waals surface area contributed by atoms with Gasteiger partial charge in [-0.25, -0.2) is 9.67 Å². The third kappa shape index (κ3) is 6.00. The lowest BCUT2D eigenvalue weighted by atomic mass is 9.98. The maximum absolute atomic E-state index is 13.5. The van der Waals surface area contributed by atoms with E-state index in [0.29, 0.717) is 36.9 Å². The van der Waals surface area contributed by atoms with Crippen LogP contribution in [0, 0.1) is 11.8 Å². The zero-order valence-electron chi connectivity index (χ0n) is 19.8. The van der Waals surface area contributed by atoms with E-state index in [9.17, 15) is 18.0 Å².